The lowest BCUT2D eigenvalue weighted by Crippen LogP contribution is -2.19. The van der Waals surface area contributed by atoms with Crippen molar-refractivity contribution in [2.45, 2.75) is 31.5 Å². The van der Waals surface area contributed by atoms with Crippen molar-refractivity contribution in [1.29, 1.82) is 0 Å². The molecular formula is C10H10N2O3. The molecule has 2 unspecified atom stereocenters. The van der Waals surface area contributed by atoms with Gasteiger partial charge in [-0.3, -0.25) is 15.1 Å². The average Bonchev–Trinajstić information content (AvgIpc) is 2.61. The molecule has 2 atom stereocenters. The minimum absolute atomic E-state index is 0.0335. The van der Waals surface area contributed by atoms with Crippen molar-refractivity contribution >= 4 is 5.69 Å². The Bertz CT molecular complexity index is 433. The van der Waals surface area contributed by atoms with Crippen LogP contribution >= 0.6 is 0 Å². The van der Waals surface area contributed by atoms with E-state index in [9.17, 15) is 10.1 Å². The summed E-state index contributed by atoms with van der Waals surface area (Å²) in [5.41, 5.74) is 1.94. The first-order chi connectivity index (χ1) is 7.24. The Kier molecular flexibility index (Phi) is 1.76. The fourth-order valence-electron chi connectivity index (χ4n) is 2.35. The van der Waals surface area contributed by atoms with E-state index in [4.69, 9.17) is 4.74 Å². The molecule has 0 radical (unpaired) electrons. The number of rotatable bonds is 1. The lowest BCUT2D eigenvalue weighted by atomic mass is 10.0. The number of fused-ring (bicyclic) bond motifs is 4. The summed E-state index contributed by atoms with van der Waals surface area (Å²) < 4.78 is 5.70. The summed E-state index contributed by atoms with van der Waals surface area (Å²) in [6.45, 7) is 0. The third-order valence-electron chi connectivity index (χ3n) is 3.08. The Morgan fingerprint density at radius 1 is 1.53 bits per heavy atom. The third-order valence-corrected chi connectivity index (χ3v) is 3.08. The first-order valence-electron chi connectivity index (χ1n) is 5.02. The van der Waals surface area contributed by atoms with Crippen molar-refractivity contribution in [2.75, 3.05) is 0 Å². The summed E-state index contributed by atoms with van der Waals surface area (Å²) in [6.07, 6.45) is 4.44. The maximum Gasteiger partial charge on any atom is 0.287 e. The largest absolute Gasteiger partial charge is 0.370 e. The van der Waals surface area contributed by atoms with Crippen molar-refractivity contribution in [3.8, 4) is 0 Å². The molecule has 15 heavy (non-hydrogen) atoms. The summed E-state index contributed by atoms with van der Waals surface area (Å²) >= 11 is 0. The van der Waals surface area contributed by atoms with Crippen LogP contribution in [0.5, 0.6) is 0 Å². The van der Waals surface area contributed by atoms with Gasteiger partial charge in [-0.25, -0.2) is 0 Å². The molecule has 1 fully saturated rings. The maximum atomic E-state index is 10.6. The number of nitrogens with zero attached hydrogens (tertiary/aromatic N) is 2. The van der Waals surface area contributed by atoms with E-state index in [2.05, 4.69) is 4.98 Å². The molecule has 5 heteroatoms. The smallest absolute Gasteiger partial charge is 0.287 e. The number of aromatic nitrogens is 1. The van der Waals surface area contributed by atoms with E-state index in [1.54, 1.807) is 6.07 Å². The predicted octanol–water partition coefficient (Wildman–Crippen LogP) is 1.77. The molecule has 78 valence electrons. The number of ether oxygens (including phenoxy) is 1. The molecular weight excluding hydrogens is 196 g/mol. The summed E-state index contributed by atoms with van der Waals surface area (Å²) in [7, 11) is 0. The monoisotopic (exact) mass is 206 g/mol. The molecule has 0 amide bonds. The van der Waals surface area contributed by atoms with Gasteiger partial charge < -0.3 is 4.74 Å². The highest BCUT2D eigenvalue weighted by atomic mass is 16.6. The summed E-state index contributed by atoms with van der Waals surface area (Å²) in [5.74, 6) is 0. The second-order valence-electron chi connectivity index (χ2n) is 4.01. The van der Waals surface area contributed by atoms with Gasteiger partial charge in [-0.1, -0.05) is 0 Å². The second kappa shape index (κ2) is 3.00. The fraction of sp³-hybridized carbons (Fsp3) is 0.500. The third kappa shape index (κ3) is 1.31. The van der Waals surface area contributed by atoms with E-state index < -0.39 is 4.92 Å². The first kappa shape index (κ1) is 8.79. The second-order valence-corrected chi connectivity index (χ2v) is 4.01. The van der Waals surface area contributed by atoms with Crippen molar-refractivity contribution in [2.24, 2.45) is 0 Å². The zero-order valence-electron chi connectivity index (χ0n) is 8.05. The van der Waals surface area contributed by atoms with Crippen LogP contribution < -0.4 is 0 Å². The molecule has 0 aromatic carbocycles. The van der Waals surface area contributed by atoms with E-state index in [0.29, 0.717) is 0 Å². The van der Waals surface area contributed by atoms with Gasteiger partial charge in [0.15, 0.2) is 0 Å². The highest BCUT2D eigenvalue weighted by molar-refractivity contribution is 5.37. The first-order valence-corrected chi connectivity index (χ1v) is 5.02. The van der Waals surface area contributed by atoms with E-state index >= 15 is 0 Å². The van der Waals surface area contributed by atoms with Crippen molar-refractivity contribution in [1.82, 2.24) is 4.98 Å². The number of pyridine rings is 1. The molecule has 0 N–H and O–H groups in total. The number of hydrogen-bond donors (Lipinski definition) is 0. The lowest BCUT2D eigenvalue weighted by Gasteiger charge is -2.22. The molecule has 1 saturated heterocycles. The predicted molar refractivity (Wildman–Crippen MR) is 51.4 cm³/mol. The zero-order valence-corrected chi connectivity index (χ0v) is 8.05. The average molecular weight is 206 g/mol. The van der Waals surface area contributed by atoms with Crippen molar-refractivity contribution in [3.05, 3.63) is 33.6 Å². The van der Waals surface area contributed by atoms with Crippen LogP contribution in [0.3, 0.4) is 0 Å². The zero-order chi connectivity index (χ0) is 10.4. The summed E-state index contributed by atoms with van der Waals surface area (Å²) in [6, 6.07) is 1.61. The normalized spacial score (nSPS) is 27.5. The van der Waals surface area contributed by atoms with Crippen molar-refractivity contribution < 1.29 is 9.66 Å². The van der Waals surface area contributed by atoms with Gasteiger partial charge in [-0.2, -0.15) is 0 Å². The Morgan fingerprint density at radius 2 is 2.40 bits per heavy atom. The van der Waals surface area contributed by atoms with Gasteiger partial charge in [0, 0.05) is 23.7 Å². The van der Waals surface area contributed by atoms with Gasteiger partial charge >= 0.3 is 0 Å². The van der Waals surface area contributed by atoms with Crippen LogP contribution in [0.15, 0.2) is 12.3 Å². The minimum Gasteiger partial charge on any atom is -0.370 e. The molecule has 1 aromatic heterocycles. The molecule has 3 heterocycles. The summed E-state index contributed by atoms with van der Waals surface area (Å²) in [4.78, 5) is 14.4. The molecule has 2 aliphatic rings. The SMILES string of the molecule is O=[N+]([O-])c1cnc2c(c1)C1CCC(C2)O1. The van der Waals surface area contributed by atoms with E-state index in [1.807, 2.05) is 0 Å². The standard InChI is InChI=1S/C10H10N2O3/c13-12(14)6-3-8-9(11-5-6)4-7-1-2-10(8)15-7/h3,5,7,10H,1-2,4H2. The molecule has 2 aliphatic heterocycles. The molecule has 3 rings (SSSR count). The van der Waals surface area contributed by atoms with Crippen LogP contribution in [0, 0.1) is 10.1 Å². The Labute approximate surface area is 86.2 Å². The number of nitro groups is 1. The molecule has 5 nitrogen and oxygen atoms in total. The highest BCUT2D eigenvalue weighted by Gasteiger charge is 2.35. The Morgan fingerprint density at radius 3 is 3.20 bits per heavy atom. The summed E-state index contributed by atoms with van der Waals surface area (Å²) in [5, 5.41) is 10.6. The van der Waals surface area contributed by atoms with Gasteiger partial charge in [0.1, 0.15) is 6.20 Å². The van der Waals surface area contributed by atoms with Gasteiger partial charge in [0.25, 0.3) is 5.69 Å². The van der Waals surface area contributed by atoms with E-state index in [1.165, 1.54) is 6.20 Å². The number of hydrogen-bond acceptors (Lipinski definition) is 4. The van der Waals surface area contributed by atoms with Gasteiger partial charge in [-0.05, 0) is 12.8 Å². The molecule has 2 bridgehead atoms. The Balaban J connectivity index is 2.08. The molecule has 1 aromatic rings. The van der Waals surface area contributed by atoms with Gasteiger partial charge in [0.05, 0.1) is 17.1 Å². The van der Waals surface area contributed by atoms with Gasteiger partial charge in [-0.15, -0.1) is 0 Å². The van der Waals surface area contributed by atoms with E-state index in [-0.39, 0.29) is 17.9 Å². The minimum atomic E-state index is -0.408. The highest BCUT2D eigenvalue weighted by Crippen LogP contribution is 2.41. The lowest BCUT2D eigenvalue weighted by molar-refractivity contribution is -0.385. The van der Waals surface area contributed by atoms with Crippen LogP contribution in [0.4, 0.5) is 5.69 Å². The molecule has 0 spiro atoms. The van der Waals surface area contributed by atoms with Gasteiger partial charge in [0.2, 0.25) is 0 Å². The topological polar surface area (TPSA) is 65.3 Å². The van der Waals surface area contributed by atoms with Crippen LogP contribution in [0.2, 0.25) is 0 Å². The Hall–Kier alpha value is -1.49. The quantitative estimate of drug-likeness (QED) is 0.518. The molecule has 0 aliphatic carbocycles. The maximum absolute atomic E-state index is 10.6. The van der Waals surface area contributed by atoms with Crippen LogP contribution in [0.1, 0.15) is 30.2 Å². The van der Waals surface area contributed by atoms with Crippen molar-refractivity contribution in [3.63, 3.8) is 0 Å². The van der Waals surface area contributed by atoms with Crippen LogP contribution in [-0.4, -0.2) is 16.0 Å². The van der Waals surface area contributed by atoms with E-state index in [0.717, 1.165) is 30.5 Å². The fourth-order valence-corrected chi connectivity index (χ4v) is 2.35. The molecule has 0 saturated carbocycles. The van der Waals surface area contributed by atoms with Crippen LogP contribution in [0.25, 0.3) is 0 Å². The van der Waals surface area contributed by atoms with Crippen LogP contribution in [-0.2, 0) is 11.2 Å².